The normalized spacial score (nSPS) is 17.8. The average Bonchev–Trinajstić information content (AvgIpc) is 2.49. The number of hydrogen-bond acceptors (Lipinski definition) is 3. The first-order chi connectivity index (χ1) is 9.78. The molecule has 1 heterocycles. The second-order valence-corrected chi connectivity index (χ2v) is 5.60. The fourth-order valence-electron chi connectivity index (χ4n) is 2.79. The van der Waals surface area contributed by atoms with Gasteiger partial charge in [-0.3, -0.25) is 0 Å². The summed E-state index contributed by atoms with van der Waals surface area (Å²) in [5.41, 5.74) is 3.52. The quantitative estimate of drug-likeness (QED) is 0.941. The fraction of sp³-hybridized carbons (Fsp3) is 0.375. The zero-order valence-corrected chi connectivity index (χ0v) is 12.3. The Hall–Kier alpha value is -1.45. The van der Waals surface area contributed by atoms with Gasteiger partial charge in [0, 0.05) is 34.9 Å². The van der Waals surface area contributed by atoms with Crippen LogP contribution < -0.4 is 5.32 Å². The lowest BCUT2D eigenvalue weighted by molar-refractivity contribution is 0.485. The van der Waals surface area contributed by atoms with E-state index in [0.29, 0.717) is 12.5 Å². The predicted octanol–water partition coefficient (Wildman–Crippen LogP) is 3.32. The number of aryl methyl sites for hydroxylation is 1. The first-order valence-electron chi connectivity index (χ1n) is 7.03. The van der Waals surface area contributed by atoms with Crippen molar-refractivity contribution in [2.24, 2.45) is 0 Å². The van der Waals surface area contributed by atoms with E-state index in [4.69, 9.17) is 16.6 Å². The number of nitrogens with zero attached hydrogens (tertiary/aromatic N) is 2. The van der Waals surface area contributed by atoms with Gasteiger partial charge in [0.05, 0.1) is 0 Å². The van der Waals surface area contributed by atoms with Crippen molar-refractivity contribution in [3.63, 3.8) is 0 Å². The Morgan fingerprint density at radius 3 is 3.00 bits per heavy atom. The fourth-order valence-corrected chi connectivity index (χ4v) is 2.99. The highest BCUT2D eigenvalue weighted by atomic mass is 35.5. The molecule has 0 bridgehead atoms. The van der Waals surface area contributed by atoms with Crippen LogP contribution in [0.5, 0.6) is 0 Å². The van der Waals surface area contributed by atoms with Gasteiger partial charge in [-0.15, -0.1) is 0 Å². The molecule has 1 aromatic carbocycles. The standard InChI is InChI=1S/C16H18ClN3/c1-18-14-7-4-8-15-12(14)10-19-16(20-15)9-11-5-2-3-6-13(11)17/h2-3,5-6,10,14,18H,4,7-9H2,1H3. The first kappa shape index (κ1) is 13.5. The van der Waals surface area contributed by atoms with Crippen molar-refractivity contribution < 1.29 is 0 Å². The maximum atomic E-state index is 6.20. The smallest absolute Gasteiger partial charge is 0.132 e. The highest BCUT2D eigenvalue weighted by molar-refractivity contribution is 6.31. The van der Waals surface area contributed by atoms with Crippen molar-refractivity contribution in [3.05, 3.63) is 58.1 Å². The Bertz CT molecular complexity index is 612. The Labute approximate surface area is 124 Å². The Kier molecular flexibility index (Phi) is 3.99. The summed E-state index contributed by atoms with van der Waals surface area (Å²) in [6.45, 7) is 0. The van der Waals surface area contributed by atoms with Gasteiger partial charge in [0.2, 0.25) is 0 Å². The maximum absolute atomic E-state index is 6.20. The monoisotopic (exact) mass is 287 g/mol. The van der Waals surface area contributed by atoms with Gasteiger partial charge in [0.1, 0.15) is 5.82 Å². The molecule has 3 nitrogen and oxygen atoms in total. The van der Waals surface area contributed by atoms with Gasteiger partial charge >= 0.3 is 0 Å². The molecule has 104 valence electrons. The van der Waals surface area contributed by atoms with Gasteiger partial charge in [0.25, 0.3) is 0 Å². The molecule has 0 amide bonds. The molecule has 0 saturated heterocycles. The molecule has 1 aliphatic rings. The van der Waals surface area contributed by atoms with Crippen LogP contribution in [0, 0.1) is 0 Å². The minimum absolute atomic E-state index is 0.396. The molecule has 0 radical (unpaired) electrons. The maximum Gasteiger partial charge on any atom is 0.132 e. The average molecular weight is 288 g/mol. The molecule has 1 unspecified atom stereocenters. The molecule has 4 heteroatoms. The van der Waals surface area contributed by atoms with E-state index >= 15 is 0 Å². The summed E-state index contributed by atoms with van der Waals surface area (Å²) < 4.78 is 0. The van der Waals surface area contributed by atoms with Crippen molar-refractivity contribution in [2.45, 2.75) is 31.7 Å². The second kappa shape index (κ2) is 5.90. The van der Waals surface area contributed by atoms with Crippen LogP contribution in [0.3, 0.4) is 0 Å². The van der Waals surface area contributed by atoms with E-state index in [-0.39, 0.29) is 0 Å². The van der Waals surface area contributed by atoms with Crippen molar-refractivity contribution in [2.75, 3.05) is 7.05 Å². The molecule has 1 N–H and O–H groups in total. The summed E-state index contributed by atoms with van der Waals surface area (Å²) in [5, 5.41) is 4.12. The summed E-state index contributed by atoms with van der Waals surface area (Å²) in [4.78, 5) is 9.25. The summed E-state index contributed by atoms with van der Waals surface area (Å²) in [6, 6.07) is 8.27. The van der Waals surface area contributed by atoms with Gasteiger partial charge in [-0.1, -0.05) is 29.8 Å². The molecule has 1 aromatic heterocycles. The number of halogens is 1. The number of nitrogens with one attached hydrogen (secondary N) is 1. The number of fused-ring (bicyclic) bond motifs is 1. The van der Waals surface area contributed by atoms with Crippen LogP contribution >= 0.6 is 11.6 Å². The van der Waals surface area contributed by atoms with Crippen molar-refractivity contribution in [1.29, 1.82) is 0 Å². The largest absolute Gasteiger partial charge is 0.313 e. The Balaban J connectivity index is 1.87. The topological polar surface area (TPSA) is 37.8 Å². The van der Waals surface area contributed by atoms with Crippen LogP contribution in [-0.2, 0) is 12.8 Å². The first-order valence-corrected chi connectivity index (χ1v) is 7.41. The van der Waals surface area contributed by atoms with Crippen LogP contribution in [-0.4, -0.2) is 17.0 Å². The lowest BCUT2D eigenvalue weighted by atomic mass is 9.92. The zero-order chi connectivity index (χ0) is 13.9. The van der Waals surface area contributed by atoms with E-state index in [0.717, 1.165) is 29.3 Å². The van der Waals surface area contributed by atoms with E-state index in [2.05, 4.69) is 10.3 Å². The number of hydrogen-bond donors (Lipinski definition) is 1. The highest BCUT2D eigenvalue weighted by Crippen LogP contribution is 2.28. The molecular weight excluding hydrogens is 270 g/mol. The van der Waals surface area contributed by atoms with Crippen molar-refractivity contribution in [3.8, 4) is 0 Å². The third kappa shape index (κ3) is 2.69. The van der Waals surface area contributed by atoms with Crippen LogP contribution in [0.2, 0.25) is 5.02 Å². The summed E-state index contributed by atoms with van der Waals surface area (Å²) in [5.74, 6) is 0.855. The van der Waals surface area contributed by atoms with Crippen LogP contribution in [0.25, 0.3) is 0 Å². The Morgan fingerprint density at radius 2 is 2.20 bits per heavy atom. The highest BCUT2D eigenvalue weighted by Gasteiger charge is 2.20. The predicted molar refractivity (Wildman–Crippen MR) is 81.0 cm³/mol. The van der Waals surface area contributed by atoms with Gasteiger partial charge in [-0.25, -0.2) is 9.97 Å². The molecular formula is C16H18ClN3. The van der Waals surface area contributed by atoms with E-state index in [9.17, 15) is 0 Å². The van der Waals surface area contributed by atoms with Crippen LogP contribution in [0.15, 0.2) is 30.5 Å². The summed E-state index contributed by atoms with van der Waals surface area (Å²) >= 11 is 6.20. The molecule has 0 spiro atoms. The number of aromatic nitrogens is 2. The van der Waals surface area contributed by atoms with E-state index < -0.39 is 0 Å². The number of rotatable bonds is 3. The summed E-state index contributed by atoms with van der Waals surface area (Å²) in [7, 11) is 2.00. The van der Waals surface area contributed by atoms with E-state index in [1.165, 1.54) is 17.7 Å². The molecule has 0 saturated carbocycles. The van der Waals surface area contributed by atoms with Crippen molar-refractivity contribution in [1.82, 2.24) is 15.3 Å². The van der Waals surface area contributed by atoms with Crippen LogP contribution in [0.4, 0.5) is 0 Å². The van der Waals surface area contributed by atoms with Crippen molar-refractivity contribution >= 4 is 11.6 Å². The summed E-state index contributed by atoms with van der Waals surface area (Å²) in [6.07, 6.45) is 6.06. The molecule has 0 aliphatic heterocycles. The van der Waals surface area contributed by atoms with Gasteiger partial charge in [-0.05, 0) is 37.9 Å². The molecule has 3 rings (SSSR count). The van der Waals surface area contributed by atoms with Crippen LogP contribution in [0.1, 0.15) is 41.5 Å². The third-order valence-corrected chi connectivity index (χ3v) is 4.26. The second-order valence-electron chi connectivity index (χ2n) is 5.19. The Morgan fingerprint density at radius 1 is 1.35 bits per heavy atom. The van der Waals surface area contributed by atoms with Gasteiger partial charge < -0.3 is 5.32 Å². The van der Waals surface area contributed by atoms with E-state index in [1.54, 1.807) is 0 Å². The number of benzene rings is 1. The van der Waals surface area contributed by atoms with Gasteiger partial charge in [-0.2, -0.15) is 0 Å². The third-order valence-electron chi connectivity index (χ3n) is 3.89. The minimum Gasteiger partial charge on any atom is -0.313 e. The van der Waals surface area contributed by atoms with Gasteiger partial charge in [0.15, 0.2) is 0 Å². The molecule has 1 aliphatic carbocycles. The molecule has 20 heavy (non-hydrogen) atoms. The zero-order valence-electron chi connectivity index (χ0n) is 11.6. The molecule has 0 fully saturated rings. The lowest BCUT2D eigenvalue weighted by Gasteiger charge is -2.24. The van der Waals surface area contributed by atoms with E-state index in [1.807, 2.05) is 37.5 Å². The lowest BCUT2D eigenvalue weighted by Crippen LogP contribution is -2.23. The molecule has 2 aromatic rings. The SMILES string of the molecule is CNC1CCCc2nc(Cc3ccccc3Cl)ncc21. The molecule has 1 atom stereocenters. The minimum atomic E-state index is 0.396.